The molecule has 0 atom stereocenters. The highest BCUT2D eigenvalue weighted by Crippen LogP contribution is 2.28. The number of halogens is 2. The van der Waals surface area contributed by atoms with Gasteiger partial charge >= 0.3 is 0 Å². The van der Waals surface area contributed by atoms with Crippen molar-refractivity contribution in [3.63, 3.8) is 0 Å². The first kappa shape index (κ1) is 15.1. The van der Waals surface area contributed by atoms with E-state index < -0.39 is 0 Å². The second-order valence-corrected chi connectivity index (χ2v) is 6.33. The first-order valence-electron chi connectivity index (χ1n) is 5.74. The number of aryl methyl sites for hydroxylation is 1. The second kappa shape index (κ2) is 6.01. The number of amides is 1. The molecule has 0 spiro atoms. The van der Waals surface area contributed by atoms with Crippen molar-refractivity contribution >= 4 is 55.8 Å². The first-order chi connectivity index (χ1) is 9.38. The summed E-state index contributed by atoms with van der Waals surface area (Å²) in [6.07, 6.45) is 0. The highest BCUT2D eigenvalue weighted by atomic mass is 127. The SMILES string of the molecule is Cc1cc(Br)c(NC(=O)c2ccc(I)c(O)c2)cc1N. The zero-order valence-corrected chi connectivity index (χ0v) is 14.3. The molecule has 0 bridgehead atoms. The fraction of sp³-hybridized carbons (Fsp3) is 0.0714. The summed E-state index contributed by atoms with van der Waals surface area (Å²) < 4.78 is 1.45. The summed E-state index contributed by atoms with van der Waals surface area (Å²) in [5, 5.41) is 12.4. The number of nitrogens with one attached hydrogen (secondary N) is 1. The van der Waals surface area contributed by atoms with Crippen LogP contribution in [0.5, 0.6) is 5.75 Å². The number of phenolic OH excluding ortho intramolecular Hbond substituents is 1. The highest BCUT2D eigenvalue weighted by Gasteiger charge is 2.11. The summed E-state index contributed by atoms with van der Waals surface area (Å²) in [5.41, 5.74) is 8.35. The number of hydrogen-bond donors (Lipinski definition) is 3. The molecule has 2 aromatic carbocycles. The van der Waals surface area contributed by atoms with Gasteiger partial charge in [0.15, 0.2) is 0 Å². The maximum atomic E-state index is 12.1. The molecule has 0 saturated heterocycles. The van der Waals surface area contributed by atoms with Crippen LogP contribution in [0.4, 0.5) is 11.4 Å². The molecule has 1 amide bonds. The third kappa shape index (κ3) is 3.24. The summed E-state index contributed by atoms with van der Waals surface area (Å²) >= 11 is 5.38. The zero-order chi connectivity index (χ0) is 14.9. The maximum absolute atomic E-state index is 12.1. The van der Waals surface area contributed by atoms with Crippen LogP contribution >= 0.6 is 38.5 Å². The van der Waals surface area contributed by atoms with Gasteiger partial charge in [0.2, 0.25) is 0 Å². The number of benzene rings is 2. The van der Waals surface area contributed by atoms with Crippen molar-refractivity contribution in [1.29, 1.82) is 0 Å². The minimum absolute atomic E-state index is 0.0840. The van der Waals surface area contributed by atoms with E-state index in [-0.39, 0.29) is 11.7 Å². The van der Waals surface area contributed by atoms with Crippen LogP contribution in [0.25, 0.3) is 0 Å². The van der Waals surface area contributed by atoms with E-state index in [0.29, 0.717) is 20.5 Å². The van der Waals surface area contributed by atoms with E-state index in [0.717, 1.165) is 10.0 Å². The molecule has 0 unspecified atom stereocenters. The maximum Gasteiger partial charge on any atom is 0.255 e. The molecule has 0 aliphatic rings. The molecule has 0 radical (unpaired) electrons. The van der Waals surface area contributed by atoms with Gasteiger partial charge in [-0.3, -0.25) is 4.79 Å². The summed E-state index contributed by atoms with van der Waals surface area (Å²) in [7, 11) is 0. The zero-order valence-electron chi connectivity index (χ0n) is 10.6. The summed E-state index contributed by atoms with van der Waals surface area (Å²) in [6, 6.07) is 8.31. The van der Waals surface area contributed by atoms with Crippen molar-refractivity contribution in [3.8, 4) is 5.75 Å². The topological polar surface area (TPSA) is 75.3 Å². The van der Waals surface area contributed by atoms with E-state index in [1.807, 2.05) is 35.6 Å². The van der Waals surface area contributed by atoms with Gasteiger partial charge in [-0.2, -0.15) is 0 Å². The van der Waals surface area contributed by atoms with Crippen molar-refractivity contribution in [2.75, 3.05) is 11.1 Å². The quantitative estimate of drug-likeness (QED) is 0.483. The van der Waals surface area contributed by atoms with Crippen molar-refractivity contribution in [3.05, 3.63) is 49.5 Å². The molecule has 4 N–H and O–H groups in total. The van der Waals surface area contributed by atoms with E-state index in [2.05, 4.69) is 21.2 Å². The Bertz CT molecular complexity index is 689. The lowest BCUT2D eigenvalue weighted by Crippen LogP contribution is -2.12. The average Bonchev–Trinajstić information content (AvgIpc) is 2.39. The molecule has 2 aromatic rings. The van der Waals surface area contributed by atoms with Crippen molar-refractivity contribution in [2.45, 2.75) is 6.92 Å². The van der Waals surface area contributed by atoms with Crippen LogP contribution in [-0.4, -0.2) is 11.0 Å². The summed E-state index contributed by atoms with van der Waals surface area (Å²) in [6.45, 7) is 1.89. The highest BCUT2D eigenvalue weighted by molar-refractivity contribution is 14.1. The van der Waals surface area contributed by atoms with Gasteiger partial charge in [-0.05, 0) is 81.3 Å². The van der Waals surface area contributed by atoms with Crippen molar-refractivity contribution < 1.29 is 9.90 Å². The second-order valence-electron chi connectivity index (χ2n) is 4.31. The van der Waals surface area contributed by atoms with Gasteiger partial charge < -0.3 is 16.2 Å². The van der Waals surface area contributed by atoms with Crippen LogP contribution in [-0.2, 0) is 0 Å². The lowest BCUT2D eigenvalue weighted by Gasteiger charge is -2.10. The van der Waals surface area contributed by atoms with Gasteiger partial charge in [-0.15, -0.1) is 0 Å². The molecule has 0 aromatic heterocycles. The Morgan fingerprint density at radius 2 is 2.05 bits per heavy atom. The number of nitrogen functional groups attached to an aromatic ring is 1. The first-order valence-corrected chi connectivity index (χ1v) is 7.61. The number of nitrogens with two attached hydrogens (primary N) is 1. The number of hydrogen-bond acceptors (Lipinski definition) is 3. The molecule has 0 aliphatic carbocycles. The molecule has 6 heteroatoms. The smallest absolute Gasteiger partial charge is 0.255 e. The van der Waals surface area contributed by atoms with Gasteiger partial charge in [0, 0.05) is 15.7 Å². The summed E-state index contributed by atoms with van der Waals surface area (Å²) in [4.78, 5) is 12.1. The number of carbonyl (C=O) groups excluding carboxylic acids is 1. The van der Waals surface area contributed by atoms with E-state index in [9.17, 15) is 9.90 Å². The number of anilines is 2. The van der Waals surface area contributed by atoms with Crippen LogP contribution in [0.1, 0.15) is 15.9 Å². The predicted molar refractivity (Wildman–Crippen MR) is 92.1 cm³/mol. The third-order valence-corrected chi connectivity index (χ3v) is 4.38. The number of aromatic hydroxyl groups is 1. The Balaban J connectivity index is 2.27. The van der Waals surface area contributed by atoms with Gasteiger partial charge in [-0.25, -0.2) is 0 Å². The minimum Gasteiger partial charge on any atom is -0.507 e. The Kier molecular flexibility index (Phi) is 4.54. The molecule has 0 heterocycles. The van der Waals surface area contributed by atoms with Gasteiger partial charge in [0.1, 0.15) is 5.75 Å². The Morgan fingerprint density at radius 3 is 2.70 bits per heavy atom. The fourth-order valence-electron chi connectivity index (χ4n) is 1.63. The number of rotatable bonds is 2. The molecule has 0 saturated carbocycles. The van der Waals surface area contributed by atoms with Crippen LogP contribution in [0.3, 0.4) is 0 Å². The molecule has 20 heavy (non-hydrogen) atoms. The van der Waals surface area contributed by atoms with E-state index in [1.165, 1.54) is 6.07 Å². The lowest BCUT2D eigenvalue weighted by molar-refractivity contribution is 0.102. The molecule has 104 valence electrons. The normalized spacial score (nSPS) is 10.3. The van der Waals surface area contributed by atoms with Crippen LogP contribution in [0.15, 0.2) is 34.8 Å². The Hall–Kier alpha value is -1.28. The van der Waals surface area contributed by atoms with E-state index >= 15 is 0 Å². The molecule has 0 fully saturated rings. The van der Waals surface area contributed by atoms with Crippen molar-refractivity contribution in [1.82, 2.24) is 0 Å². The number of phenols is 1. The van der Waals surface area contributed by atoms with Crippen LogP contribution in [0, 0.1) is 10.5 Å². The minimum atomic E-state index is -0.305. The van der Waals surface area contributed by atoms with E-state index in [1.54, 1.807) is 18.2 Å². The van der Waals surface area contributed by atoms with Crippen molar-refractivity contribution in [2.24, 2.45) is 0 Å². The molecule has 2 rings (SSSR count). The monoisotopic (exact) mass is 446 g/mol. The predicted octanol–water partition coefficient (Wildman–Crippen LogP) is 3.90. The molecular weight excluding hydrogens is 435 g/mol. The van der Waals surface area contributed by atoms with Crippen LogP contribution < -0.4 is 11.1 Å². The third-order valence-electron chi connectivity index (χ3n) is 2.81. The molecule has 4 nitrogen and oxygen atoms in total. The summed E-state index contributed by atoms with van der Waals surface area (Å²) in [5.74, 6) is -0.221. The van der Waals surface area contributed by atoms with Gasteiger partial charge in [0.05, 0.1) is 9.26 Å². The Labute approximate surface area is 138 Å². The molecular formula is C14H12BrIN2O2. The van der Waals surface area contributed by atoms with E-state index in [4.69, 9.17) is 5.73 Å². The average molecular weight is 447 g/mol. The fourth-order valence-corrected chi connectivity index (χ4v) is 2.53. The van der Waals surface area contributed by atoms with Crippen LogP contribution in [0.2, 0.25) is 0 Å². The lowest BCUT2D eigenvalue weighted by atomic mass is 10.1. The van der Waals surface area contributed by atoms with Gasteiger partial charge in [0.25, 0.3) is 5.91 Å². The standard InChI is InChI=1S/C14H12BrIN2O2/c1-7-4-9(15)12(6-11(7)17)18-14(20)8-2-3-10(16)13(19)5-8/h2-6,19H,17H2,1H3,(H,18,20). The largest absolute Gasteiger partial charge is 0.507 e. The number of carbonyl (C=O) groups is 1. The van der Waals surface area contributed by atoms with Gasteiger partial charge in [-0.1, -0.05) is 0 Å². The Morgan fingerprint density at radius 1 is 1.35 bits per heavy atom. The molecule has 0 aliphatic heterocycles.